The molecule has 0 saturated carbocycles. The third kappa shape index (κ3) is 7.59. The number of anilines is 2. The van der Waals surface area contributed by atoms with E-state index in [0.717, 1.165) is 36.4 Å². The Morgan fingerprint density at radius 3 is 2.57 bits per heavy atom. The zero-order valence-electron chi connectivity index (χ0n) is 27.0. The van der Waals surface area contributed by atoms with Crippen LogP contribution in [0, 0.1) is 0 Å². The quantitative estimate of drug-likeness (QED) is 0.194. The standard InChI is InChI=1S/C35H52N4O3/c1-8-10-11-12-13-16-20-39-31-23-32(42-25(3)4)29(22-27(31)26(5)24-35(39,6)7)37-34(40)41-21-19-33-36-28-17-14-15-18-30(28)38(33)9-2/h14-15,17-18,22-23,25-26H,8-13,16,19-21,24H2,1-7H3,(H,37,40). The number of imidazole rings is 1. The molecule has 1 N–H and O–H groups in total. The van der Waals surface area contributed by atoms with Gasteiger partial charge in [-0.2, -0.15) is 0 Å². The first-order chi connectivity index (χ1) is 20.1. The van der Waals surface area contributed by atoms with Gasteiger partial charge >= 0.3 is 6.09 Å². The van der Waals surface area contributed by atoms with Gasteiger partial charge in [0.05, 0.1) is 22.8 Å². The summed E-state index contributed by atoms with van der Waals surface area (Å²) in [6.45, 7) is 17.5. The molecule has 2 heterocycles. The molecule has 0 radical (unpaired) electrons. The van der Waals surface area contributed by atoms with E-state index in [1.165, 1.54) is 49.8 Å². The Kier molecular flexibility index (Phi) is 10.8. The van der Waals surface area contributed by atoms with Crippen molar-refractivity contribution >= 4 is 28.5 Å². The molecule has 1 aliphatic rings. The Balaban J connectivity index is 1.48. The lowest BCUT2D eigenvalue weighted by Gasteiger charge is -2.48. The zero-order valence-corrected chi connectivity index (χ0v) is 27.0. The minimum absolute atomic E-state index is 0.0253. The molecule has 1 atom stereocenters. The number of carbonyl (C=O) groups excluding carboxylic acids is 1. The smallest absolute Gasteiger partial charge is 0.411 e. The number of rotatable bonds is 14. The molecule has 0 bridgehead atoms. The van der Waals surface area contributed by atoms with Crippen molar-refractivity contribution in [3.63, 3.8) is 0 Å². The van der Waals surface area contributed by atoms with Crippen LogP contribution >= 0.6 is 0 Å². The number of para-hydroxylation sites is 2. The lowest BCUT2D eigenvalue weighted by atomic mass is 9.79. The van der Waals surface area contributed by atoms with Gasteiger partial charge in [-0.3, -0.25) is 5.32 Å². The number of nitrogens with zero attached hydrogens (tertiary/aromatic N) is 3. The number of benzene rings is 2. The van der Waals surface area contributed by atoms with E-state index in [-0.39, 0.29) is 18.2 Å². The van der Waals surface area contributed by atoms with E-state index in [4.69, 9.17) is 14.5 Å². The third-order valence-corrected chi connectivity index (χ3v) is 8.43. The summed E-state index contributed by atoms with van der Waals surface area (Å²) in [6.07, 6.45) is 8.76. The average molecular weight is 577 g/mol. The zero-order chi connectivity index (χ0) is 30.3. The Morgan fingerprint density at radius 1 is 1.10 bits per heavy atom. The van der Waals surface area contributed by atoms with Gasteiger partial charge in [-0.25, -0.2) is 9.78 Å². The number of hydrogen-bond acceptors (Lipinski definition) is 5. The van der Waals surface area contributed by atoms with Gasteiger partial charge < -0.3 is 18.9 Å². The van der Waals surface area contributed by atoms with Crippen LogP contribution in [-0.2, 0) is 17.7 Å². The maximum Gasteiger partial charge on any atom is 0.411 e. The van der Waals surface area contributed by atoms with E-state index in [1.807, 2.05) is 32.0 Å². The lowest BCUT2D eigenvalue weighted by molar-refractivity contribution is 0.161. The van der Waals surface area contributed by atoms with Crippen LogP contribution in [0.3, 0.4) is 0 Å². The molecule has 0 spiro atoms. The highest BCUT2D eigenvalue weighted by Gasteiger charge is 2.37. The van der Waals surface area contributed by atoms with Gasteiger partial charge in [0.2, 0.25) is 0 Å². The third-order valence-electron chi connectivity index (χ3n) is 8.43. The van der Waals surface area contributed by atoms with Crippen LogP contribution in [0.5, 0.6) is 5.75 Å². The number of fused-ring (bicyclic) bond motifs is 2. The summed E-state index contributed by atoms with van der Waals surface area (Å²) in [5.41, 5.74) is 5.26. The van der Waals surface area contributed by atoms with Crippen LogP contribution in [0.25, 0.3) is 11.0 Å². The van der Waals surface area contributed by atoms with Gasteiger partial charge in [-0.15, -0.1) is 0 Å². The Hall–Kier alpha value is -3.22. The molecule has 0 fully saturated rings. The van der Waals surface area contributed by atoms with Crippen molar-refractivity contribution in [1.29, 1.82) is 0 Å². The van der Waals surface area contributed by atoms with Crippen LogP contribution in [0.15, 0.2) is 36.4 Å². The summed E-state index contributed by atoms with van der Waals surface area (Å²) in [5, 5.41) is 3.00. The van der Waals surface area contributed by atoms with Gasteiger partial charge in [0.15, 0.2) is 0 Å². The topological polar surface area (TPSA) is 68.6 Å². The summed E-state index contributed by atoms with van der Waals surface area (Å²) in [6, 6.07) is 12.4. The fourth-order valence-electron chi connectivity index (χ4n) is 6.48. The van der Waals surface area contributed by atoms with E-state index in [9.17, 15) is 4.79 Å². The Labute approximate surface area is 253 Å². The molecule has 1 aromatic heterocycles. The molecule has 0 aliphatic carbocycles. The molecule has 7 nitrogen and oxygen atoms in total. The monoisotopic (exact) mass is 576 g/mol. The largest absolute Gasteiger partial charge is 0.489 e. The van der Waals surface area contributed by atoms with Gasteiger partial charge in [0, 0.05) is 36.8 Å². The molecular weight excluding hydrogens is 524 g/mol. The Morgan fingerprint density at radius 2 is 1.83 bits per heavy atom. The van der Waals surface area contributed by atoms with Crippen LogP contribution in [0.1, 0.15) is 111 Å². The molecule has 1 aliphatic heterocycles. The second-order valence-electron chi connectivity index (χ2n) is 12.7. The summed E-state index contributed by atoms with van der Waals surface area (Å²) in [4.78, 5) is 20.3. The highest BCUT2D eigenvalue weighted by molar-refractivity contribution is 5.88. The Bertz CT molecular complexity index is 1330. The number of carbonyl (C=O) groups is 1. The minimum atomic E-state index is -0.476. The van der Waals surface area contributed by atoms with E-state index in [0.29, 0.717) is 23.8 Å². The molecule has 7 heteroatoms. The van der Waals surface area contributed by atoms with Crippen molar-refractivity contribution in [3.05, 3.63) is 47.8 Å². The number of aryl methyl sites for hydroxylation is 1. The second kappa shape index (κ2) is 14.3. The van der Waals surface area contributed by atoms with Gasteiger partial charge in [-0.05, 0) is 77.1 Å². The van der Waals surface area contributed by atoms with Crippen molar-refractivity contribution in [2.45, 2.75) is 124 Å². The van der Waals surface area contributed by atoms with Crippen LogP contribution in [0.4, 0.5) is 16.2 Å². The molecular formula is C35H52N4O3. The minimum Gasteiger partial charge on any atom is -0.489 e. The fourth-order valence-corrected chi connectivity index (χ4v) is 6.48. The van der Waals surface area contributed by atoms with Gasteiger partial charge in [-0.1, -0.05) is 58.1 Å². The van der Waals surface area contributed by atoms with Crippen molar-refractivity contribution < 1.29 is 14.3 Å². The maximum absolute atomic E-state index is 13.0. The molecule has 2 aromatic carbocycles. The number of aromatic nitrogens is 2. The fraction of sp³-hybridized carbons (Fsp3) is 0.600. The number of nitrogens with one attached hydrogen (secondary N) is 1. The van der Waals surface area contributed by atoms with Gasteiger partial charge in [0.1, 0.15) is 18.2 Å². The van der Waals surface area contributed by atoms with E-state index >= 15 is 0 Å². The first-order valence-corrected chi connectivity index (χ1v) is 16.1. The highest BCUT2D eigenvalue weighted by Crippen LogP contribution is 2.47. The first kappa shape index (κ1) is 31.7. The SMILES string of the molecule is CCCCCCCCN1c2cc(OC(C)C)c(NC(=O)OCCc3nc4ccccc4n3CC)cc2C(C)CC1(C)C. The van der Waals surface area contributed by atoms with Crippen molar-refractivity contribution in [3.8, 4) is 5.75 Å². The molecule has 1 unspecified atom stereocenters. The van der Waals surface area contributed by atoms with Crippen molar-refractivity contribution in [2.24, 2.45) is 0 Å². The number of unbranched alkanes of at least 4 members (excludes halogenated alkanes) is 5. The normalized spacial score (nSPS) is 16.1. The average Bonchev–Trinajstić information content (AvgIpc) is 3.29. The number of hydrogen-bond donors (Lipinski definition) is 1. The van der Waals surface area contributed by atoms with E-state index < -0.39 is 6.09 Å². The summed E-state index contributed by atoms with van der Waals surface area (Å²) in [7, 11) is 0. The maximum atomic E-state index is 13.0. The number of ether oxygens (including phenoxy) is 2. The lowest BCUT2D eigenvalue weighted by Crippen LogP contribution is -2.48. The van der Waals surface area contributed by atoms with E-state index in [1.54, 1.807) is 0 Å². The highest BCUT2D eigenvalue weighted by atomic mass is 16.5. The van der Waals surface area contributed by atoms with Crippen LogP contribution < -0.4 is 15.0 Å². The van der Waals surface area contributed by atoms with Crippen molar-refractivity contribution in [1.82, 2.24) is 9.55 Å². The second-order valence-corrected chi connectivity index (χ2v) is 12.7. The van der Waals surface area contributed by atoms with Crippen molar-refractivity contribution in [2.75, 3.05) is 23.4 Å². The molecule has 1 amide bonds. The molecule has 3 aromatic rings. The summed E-state index contributed by atoms with van der Waals surface area (Å²) >= 11 is 0. The van der Waals surface area contributed by atoms with E-state index in [2.05, 4.69) is 67.6 Å². The first-order valence-electron chi connectivity index (χ1n) is 16.1. The molecule has 4 rings (SSSR count). The number of amides is 1. The predicted molar refractivity (Wildman–Crippen MR) is 174 cm³/mol. The van der Waals surface area contributed by atoms with Crippen LogP contribution in [-0.4, -0.2) is 40.4 Å². The summed E-state index contributed by atoms with van der Waals surface area (Å²) in [5.74, 6) is 1.97. The van der Waals surface area contributed by atoms with Crippen LogP contribution in [0.2, 0.25) is 0 Å². The van der Waals surface area contributed by atoms with Gasteiger partial charge in [0.25, 0.3) is 0 Å². The molecule has 230 valence electrons. The molecule has 42 heavy (non-hydrogen) atoms. The molecule has 0 saturated heterocycles. The summed E-state index contributed by atoms with van der Waals surface area (Å²) < 4.78 is 14.1. The predicted octanol–water partition coefficient (Wildman–Crippen LogP) is 9.09.